The third-order valence-electron chi connectivity index (χ3n) is 6.14. The second-order valence-corrected chi connectivity index (χ2v) is 8.43. The number of ether oxygens (including phenoxy) is 2. The number of hydrogen-bond donors (Lipinski definition) is 2. The Morgan fingerprint density at radius 2 is 1.62 bits per heavy atom. The van der Waals surface area contributed by atoms with Crippen molar-refractivity contribution in [3.8, 4) is 11.5 Å². The smallest absolute Gasteiger partial charge is 0.313 e. The molecule has 2 aliphatic heterocycles. The molecule has 0 atom stereocenters. The molecule has 174 valence electrons. The summed E-state index contributed by atoms with van der Waals surface area (Å²) in [5, 5.41) is 5.28. The fourth-order valence-corrected chi connectivity index (χ4v) is 4.30. The van der Waals surface area contributed by atoms with Gasteiger partial charge >= 0.3 is 11.8 Å². The minimum Gasteiger partial charge on any atom is -0.486 e. The van der Waals surface area contributed by atoms with Crippen molar-refractivity contribution in [3.05, 3.63) is 83.4 Å². The van der Waals surface area contributed by atoms with Gasteiger partial charge in [-0.1, -0.05) is 36.4 Å². The summed E-state index contributed by atoms with van der Waals surface area (Å²) in [5.74, 6) is -0.192. The number of carbonyl (C=O) groups is 2. The lowest BCUT2D eigenvalue weighted by molar-refractivity contribution is -0.136. The first-order valence-electron chi connectivity index (χ1n) is 11.6. The molecule has 2 heterocycles. The molecule has 3 aromatic carbocycles. The summed E-state index contributed by atoms with van der Waals surface area (Å²) in [6.07, 6.45) is 1.70. The zero-order chi connectivity index (χ0) is 23.3. The fourth-order valence-electron chi connectivity index (χ4n) is 4.30. The number of nitrogens with zero attached hydrogens (tertiary/aromatic N) is 1. The summed E-state index contributed by atoms with van der Waals surface area (Å²) in [7, 11) is 0. The van der Waals surface area contributed by atoms with Gasteiger partial charge in [0.05, 0.1) is 0 Å². The van der Waals surface area contributed by atoms with E-state index in [-0.39, 0.29) is 0 Å². The van der Waals surface area contributed by atoms with E-state index in [9.17, 15) is 9.59 Å². The predicted octanol–water partition coefficient (Wildman–Crippen LogP) is 3.32. The normalized spacial score (nSPS) is 14.2. The molecule has 0 saturated heterocycles. The first-order valence-corrected chi connectivity index (χ1v) is 11.6. The van der Waals surface area contributed by atoms with Gasteiger partial charge in [-0.05, 0) is 53.8 Å². The highest BCUT2D eigenvalue weighted by Gasteiger charge is 2.17. The Bertz CT molecular complexity index is 1190. The Balaban J connectivity index is 1.09. The minimum atomic E-state index is -0.711. The second kappa shape index (κ2) is 9.87. The molecule has 0 aromatic heterocycles. The molecule has 0 aliphatic carbocycles. The maximum Gasteiger partial charge on any atom is 0.313 e. The molecule has 3 aromatic rings. The van der Waals surface area contributed by atoms with Crippen LogP contribution in [0.5, 0.6) is 11.5 Å². The van der Waals surface area contributed by atoms with E-state index in [1.54, 1.807) is 18.2 Å². The van der Waals surface area contributed by atoms with Crippen molar-refractivity contribution in [1.82, 2.24) is 5.32 Å². The molecule has 0 bridgehead atoms. The highest BCUT2D eigenvalue weighted by atomic mass is 16.6. The first-order chi connectivity index (χ1) is 16.7. The number of nitrogens with one attached hydrogen (secondary N) is 2. The monoisotopic (exact) mass is 457 g/mol. The van der Waals surface area contributed by atoms with Gasteiger partial charge in [0.15, 0.2) is 11.5 Å². The number of anilines is 2. The summed E-state index contributed by atoms with van der Waals surface area (Å²) < 4.78 is 11.0. The zero-order valence-electron chi connectivity index (χ0n) is 18.9. The van der Waals surface area contributed by atoms with Crippen LogP contribution in [0, 0.1) is 0 Å². The van der Waals surface area contributed by atoms with Crippen molar-refractivity contribution in [1.29, 1.82) is 0 Å². The van der Waals surface area contributed by atoms with Crippen molar-refractivity contribution >= 4 is 23.2 Å². The molecule has 2 aliphatic rings. The average Bonchev–Trinajstić information content (AvgIpc) is 2.88. The molecule has 5 rings (SSSR count). The largest absolute Gasteiger partial charge is 0.486 e. The Kier molecular flexibility index (Phi) is 6.33. The quantitative estimate of drug-likeness (QED) is 0.575. The van der Waals surface area contributed by atoms with E-state index < -0.39 is 11.8 Å². The molecule has 34 heavy (non-hydrogen) atoms. The number of rotatable bonds is 5. The van der Waals surface area contributed by atoms with Gasteiger partial charge in [0.25, 0.3) is 0 Å². The highest BCUT2D eigenvalue weighted by molar-refractivity contribution is 6.39. The van der Waals surface area contributed by atoms with Crippen LogP contribution in [0.4, 0.5) is 11.4 Å². The van der Waals surface area contributed by atoms with Gasteiger partial charge in [-0.25, -0.2) is 0 Å². The third-order valence-corrected chi connectivity index (χ3v) is 6.14. The molecule has 2 N–H and O–H groups in total. The fraction of sp³-hybridized carbons (Fsp3) is 0.259. The van der Waals surface area contributed by atoms with Crippen molar-refractivity contribution < 1.29 is 19.1 Å². The van der Waals surface area contributed by atoms with E-state index in [1.165, 1.54) is 16.8 Å². The van der Waals surface area contributed by atoms with Crippen LogP contribution in [-0.2, 0) is 29.0 Å². The van der Waals surface area contributed by atoms with Crippen molar-refractivity contribution in [2.75, 3.05) is 36.5 Å². The lowest BCUT2D eigenvalue weighted by atomic mass is 9.99. The molecular formula is C27H27N3O4. The summed E-state index contributed by atoms with van der Waals surface area (Å²) in [6, 6.07) is 22.1. The molecule has 0 fully saturated rings. The standard InChI is InChI=1S/C27H27N3O4/c31-26(27(32)29-22-7-10-24-25(17-22)34-16-15-33-24)28-13-11-19-5-8-23(9-6-19)30-14-12-20-3-1-2-4-21(20)18-30/h1-10,17H,11-16,18H2,(H,28,31)(H,29,32). The minimum absolute atomic E-state index is 0.379. The lowest BCUT2D eigenvalue weighted by Crippen LogP contribution is -2.36. The SMILES string of the molecule is O=C(NCCc1ccc(N2CCc3ccccc3C2)cc1)C(=O)Nc1ccc2c(c1)OCCO2. The molecule has 0 unspecified atom stereocenters. The van der Waals surface area contributed by atoms with E-state index in [4.69, 9.17) is 9.47 Å². The zero-order valence-corrected chi connectivity index (χ0v) is 18.9. The van der Waals surface area contributed by atoms with Crippen LogP contribution in [0.1, 0.15) is 16.7 Å². The molecule has 7 nitrogen and oxygen atoms in total. The topological polar surface area (TPSA) is 79.9 Å². The highest BCUT2D eigenvalue weighted by Crippen LogP contribution is 2.32. The van der Waals surface area contributed by atoms with E-state index in [1.807, 2.05) is 0 Å². The third kappa shape index (κ3) is 4.98. The Labute approximate surface area is 198 Å². The van der Waals surface area contributed by atoms with Gasteiger partial charge in [0.1, 0.15) is 13.2 Å². The van der Waals surface area contributed by atoms with Crippen LogP contribution in [0.2, 0.25) is 0 Å². The van der Waals surface area contributed by atoms with Crippen LogP contribution in [-0.4, -0.2) is 38.1 Å². The van der Waals surface area contributed by atoms with Crippen LogP contribution in [0.3, 0.4) is 0 Å². The van der Waals surface area contributed by atoms with E-state index in [2.05, 4.69) is 64.1 Å². The summed E-state index contributed by atoms with van der Waals surface area (Å²) in [6.45, 7) is 3.26. The summed E-state index contributed by atoms with van der Waals surface area (Å²) in [5.41, 5.74) is 5.61. The number of amides is 2. The van der Waals surface area contributed by atoms with Crippen LogP contribution in [0.25, 0.3) is 0 Å². The van der Waals surface area contributed by atoms with Crippen molar-refractivity contribution in [2.24, 2.45) is 0 Å². The maximum absolute atomic E-state index is 12.2. The lowest BCUT2D eigenvalue weighted by Gasteiger charge is -2.30. The molecule has 0 radical (unpaired) electrons. The van der Waals surface area contributed by atoms with Gasteiger partial charge in [-0.2, -0.15) is 0 Å². The number of hydrogen-bond acceptors (Lipinski definition) is 5. The van der Waals surface area contributed by atoms with Gasteiger partial charge in [-0.15, -0.1) is 0 Å². The molecule has 0 saturated carbocycles. The number of carbonyl (C=O) groups excluding carboxylic acids is 2. The number of benzene rings is 3. The predicted molar refractivity (Wildman–Crippen MR) is 130 cm³/mol. The van der Waals surface area contributed by atoms with Gasteiger partial charge in [0.2, 0.25) is 0 Å². The van der Waals surface area contributed by atoms with Gasteiger partial charge < -0.3 is 25.0 Å². The van der Waals surface area contributed by atoms with E-state index in [0.717, 1.165) is 25.1 Å². The van der Waals surface area contributed by atoms with Crippen LogP contribution < -0.4 is 25.0 Å². The molecule has 7 heteroatoms. The Hall–Kier alpha value is -4.00. The average molecular weight is 458 g/mol. The Morgan fingerprint density at radius 3 is 2.44 bits per heavy atom. The second-order valence-electron chi connectivity index (χ2n) is 8.43. The van der Waals surface area contributed by atoms with E-state index >= 15 is 0 Å². The first kappa shape index (κ1) is 21.8. The van der Waals surface area contributed by atoms with Crippen LogP contribution >= 0.6 is 0 Å². The van der Waals surface area contributed by atoms with Gasteiger partial charge in [-0.3, -0.25) is 9.59 Å². The maximum atomic E-state index is 12.2. The number of fused-ring (bicyclic) bond motifs is 2. The Morgan fingerprint density at radius 1 is 0.853 bits per heavy atom. The molecule has 2 amide bonds. The summed E-state index contributed by atoms with van der Waals surface area (Å²) >= 11 is 0. The molecular weight excluding hydrogens is 430 g/mol. The summed E-state index contributed by atoms with van der Waals surface area (Å²) in [4.78, 5) is 26.8. The van der Waals surface area contributed by atoms with Crippen molar-refractivity contribution in [3.63, 3.8) is 0 Å². The van der Waals surface area contributed by atoms with E-state index in [0.29, 0.717) is 43.4 Å². The molecule has 0 spiro atoms. The van der Waals surface area contributed by atoms with Crippen LogP contribution in [0.15, 0.2) is 66.7 Å². The van der Waals surface area contributed by atoms with Crippen molar-refractivity contribution in [2.45, 2.75) is 19.4 Å². The van der Waals surface area contributed by atoms with Gasteiger partial charge in [0, 0.05) is 37.1 Å².